The minimum Gasteiger partial charge on any atom is -0.294 e. The number of benzene rings is 1. The molecule has 0 heterocycles. The molecule has 0 aliphatic carbocycles. The Hall–Kier alpha value is -1.18. The Labute approximate surface area is 96.7 Å². The second kappa shape index (κ2) is 4.77. The lowest BCUT2D eigenvalue weighted by Gasteiger charge is -2.17. The highest BCUT2D eigenvalue weighted by Crippen LogP contribution is 2.22. The highest BCUT2D eigenvalue weighted by Gasteiger charge is 2.16. The minimum atomic E-state index is -0.412. The molecular weight excluding hydrogens is 203 g/mol. The number of hydrogen-bond acceptors (Lipinski definition) is 1. The summed E-state index contributed by atoms with van der Waals surface area (Å²) >= 11 is 0. The lowest BCUT2D eigenvalue weighted by Crippen LogP contribution is -2.10. The smallest absolute Gasteiger partial charge is 0.165 e. The summed E-state index contributed by atoms with van der Waals surface area (Å²) in [5, 5.41) is 0. The van der Waals surface area contributed by atoms with E-state index in [1.807, 2.05) is 6.92 Å². The molecule has 88 valence electrons. The van der Waals surface area contributed by atoms with Crippen LogP contribution in [0.3, 0.4) is 0 Å². The standard InChI is InChI=1S/C14H19FO/c1-10-5-6-12(15)11(9-10)13(16)7-8-14(2,3)4/h5-6,9H,7-8H2,1-4H3. The van der Waals surface area contributed by atoms with Crippen molar-refractivity contribution in [3.8, 4) is 0 Å². The first kappa shape index (κ1) is 12.9. The Morgan fingerprint density at radius 1 is 1.31 bits per heavy atom. The van der Waals surface area contributed by atoms with Gasteiger partial charge in [-0.1, -0.05) is 32.4 Å². The zero-order valence-electron chi connectivity index (χ0n) is 10.4. The van der Waals surface area contributed by atoms with E-state index in [2.05, 4.69) is 20.8 Å². The lowest BCUT2D eigenvalue weighted by molar-refractivity contribution is 0.0962. The first-order valence-corrected chi connectivity index (χ1v) is 5.59. The molecule has 0 spiro atoms. The lowest BCUT2D eigenvalue weighted by atomic mass is 9.88. The van der Waals surface area contributed by atoms with Crippen molar-refractivity contribution in [3.63, 3.8) is 0 Å². The van der Waals surface area contributed by atoms with E-state index < -0.39 is 5.82 Å². The van der Waals surface area contributed by atoms with Crippen LogP contribution in [0.1, 0.15) is 49.5 Å². The van der Waals surface area contributed by atoms with E-state index in [0.717, 1.165) is 12.0 Å². The van der Waals surface area contributed by atoms with Crippen LogP contribution in [0.4, 0.5) is 4.39 Å². The molecule has 0 radical (unpaired) electrons. The molecule has 0 aliphatic rings. The summed E-state index contributed by atoms with van der Waals surface area (Å²) < 4.78 is 13.4. The zero-order valence-corrected chi connectivity index (χ0v) is 10.4. The molecule has 1 aromatic rings. The number of carbonyl (C=O) groups excluding carboxylic acids is 1. The Balaban J connectivity index is 2.77. The van der Waals surface area contributed by atoms with Gasteiger partial charge in [-0.25, -0.2) is 4.39 Å². The molecule has 0 N–H and O–H groups in total. The Morgan fingerprint density at radius 2 is 1.94 bits per heavy atom. The molecule has 0 saturated carbocycles. The first-order chi connectivity index (χ1) is 7.29. The molecule has 0 saturated heterocycles. The molecule has 0 unspecified atom stereocenters. The molecule has 0 amide bonds. The fourth-order valence-electron chi connectivity index (χ4n) is 1.48. The highest BCUT2D eigenvalue weighted by molar-refractivity contribution is 5.96. The SMILES string of the molecule is Cc1ccc(F)c(C(=O)CCC(C)(C)C)c1. The summed E-state index contributed by atoms with van der Waals surface area (Å²) in [6, 6.07) is 4.66. The van der Waals surface area contributed by atoms with Crippen LogP contribution in [0.25, 0.3) is 0 Å². The van der Waals surface area contributed by atoms with E-state index in [1.54, 1.807) is 12.1 Å². The fourth-order valence-corrected chi connectivity index (χ4v) is 1.48. The van der Waals surface area contributed by atoms with Gasteiger partial charge in [-0.3, -0.25) is 4.79 Å². The van der Waals surface area contributed by atoms with Crippen LogP contribution in [-0.4, -0.2) is 5.78 Å². The number of halogens is 1. The van der Waals surface area contributed by atoms with Crippen molar-refractivity contribution >= 4 is 5.78 Å². The summed E-state index contributed by atoms with van der Waals surface area (Å²) in [5.41, 5.74) is 1.25. The van der Waals surface area contributed by atoms with Crippen LogP contribution in [0.5, 0.6) is 0 Å². The van der Waals surface area contributed by atoms with Crippen molar-refractivity contribution in [1.82, 2.24) is 0 Å². The van der Waals surface area contributed by atoms with Gasteiger partial charge >= 0.3 is 0 Å². The Morgan fingerprint density at radius 3 is 2.50 bits per heavy atom. The maximum absolute atomic E-state index is 13.4. The van der Waals surface area contributed by atoms with Gasteiger partial charge in [0, 0.05) is 6.42 Å². The summed E-state index contributed by atoms with van der Waals surface area (Å²) in [6.07, 6.45) is 1.18. The van der Waals surface area contributed by atoms with Gasteiger partial charge < -0.3 is 0 Å². The molecule has 0 atom stereocenters. The van der Waals surface area contributed by atoms with Gasteiger partial charge in [-0.15, -0.1) is 0 Å². The maximum atomic E-state index is 13.4. The van der Waals surface area contributed by atoms with E-state index in [-0.39, 0.29) is 16.8 Å². The molecular formula is C14H19FO. The Kier molecular flexibility index (Phi) is 3.84. The number of ketones is 1. The van der Waals surface area contributed by atoms with Crippen LogP contribution >= 0.6 is 0 Å². The molecule has 2 heteroatoms. The minimum absolute atomic E-state index is 0.101. The van der Waals surface area contributed by atoms with Crippen LogP contribution in [-0.2, 0) is 0 Å². The van der Waals surface area contributed by atoms with Gasteiger partial charge in [0.1, 0.15) is 5.82 Å². The van der Waals surface area contributed by atoms with Gasteiger partial charge in [-0.2, -0.15) is 0 Å². The molecule has 0 fully saturated rings. The molecule has 0 aromatic heterocycles. The normalized spacial score (nSPS) is 11.6. The van der Waals surface area contributed by atoms with Crippen LogP contribution in [0.2, 0.25) is 0 Å². The van der Waals surface area contributed by atoms with Crippen LogP contribution in [0.15, 0.2) is 18.2 Å². The fraction of sp³-hybridized carbons (Fsp3) is 0.500. The van der Waals surface area contributed by atoms with E-state index in [0.29, 0.717) is 6.42 Å². The van der Waals surface area contributed by atoms with Gasteiger partial charge in [0.25, 0.3) is 0 Å². The molecule has 1 aromatic carbocycles. The van der Waals surface area contributed by atoms with E-state index >= 15 is 0 Å². The monoisotopic (exact) mass is 222 g/mol. The van der Waals surface area contributed by atoms with E-state index in [1.165, 1.54) is 6.07 Å². The average Bonchev–Trinajstić information content (AvgIpc) is 2.17. The van der Waals surface area contributed by atoms with Crippen molar-refractivity contribution in [1.29, 1.82) is 0 Å². The number of rotatable bonds is 3. The average molecular weight is 222 g/mol. The molecule has 16 heavy (non-hydrogen) atoms. The molecule has 0 bridgehead atoms. The van der Waals surface area contributed by atoms with Crippen molar-refractivity contribution < 1.29 is 9.18 Å². The number of Topliss-reactive ketones (excluding diaryl/α,β-unsaturated/α-hetero) is 1. The third-order valence-electron chi connectivity index (χ3n) is 2.52. The maximum Gasteiger partial charge on any atom is 0.165 e. The predicted molar refractivity (Wildman–Crippen MR) is 64.2 cm³/mol. The van der Waals surface area contributed by atoms with E-state index in [9.17, 15) is 9.18 Å². The summed E-state index contributed by atoms with van der Waals surface area (Å²) in [4.78, 5) is 11.8. The second-order valence-electron chi connectivity index (χ2n) is 5.47. The summed E-state index contributed by atoms with van der Waals surface area (Å²) in [5.74, 6) is -0.513. The van der Waals surface area contributed by atoms with Crippen molar-refractivity contribution in [2.45, 2.75) is 40.5 Å². The molecule has 1 rings (SSSR count). The van der Waals surface area contributed by atoms with Crippen molar-refractivity contribution in [3.05, 3.63) is 35.1 Å². The number of carbonyl (C=O) groups is 1. The number of aryl methyl sites for hydroxylation is 1. The van der Waals surface area contributed by atoms with Gasteiger partial charge in [0.05, 0.1) is 5.56 Å². The molecule has 1 nitrogen and oxygen atoms in total. The third-order valence-corrected chi connectivity index (χ3v) is 2.52. The van der Waals surface area contributed by atoms with Crippen LogP contribution < -0.4 is 0 Å². The van der Waals surface area contributed by atoms with Crippen LogP contribution in [0, 0.1) is 18.2 Å². The molecule has 0 aliphatic heterocycles. The van der Waals surface area contributed by atoms with E-state index in [4.69, 9.17) is 0 Å². The summed E-state index contributed by atoms with van der Waals surface area (Å²) in [7, 11) is 0. The quantitative estimate of drug-likeness (QED) is 0.702. The summed E-state index contributed by atoms with van der Waals surface area (Å²) in [6.45, 7) is 8.09. The van der Waals surface area contributed by atoms with Crippen molar-refractivity contribution in [2.75, 3.05) is 0 Å². The first-order valence-electron chi connectivity index (χ1n) is 5.59. The van der Waals surface area contributed by atoms with Gasteiger partial charge in [-0.05, 0) is 30.9 Å². The van der Waals surface area contributed by atoms with Gasteiger partial charge in [0.15, 0.2) is 5.78 Å². The van der Waals surface area contributed by atoms with Gasteiger partial charge in [0.2, 0.25) is 0 Å². The largest absolute Gasteiger partial charge is 0.294 e. The predicted octanol–water partition coefficient (Wildman–Crippen LogP) is 4.14. The Bertz CT molecular complexity index is 388. The topological polar surface area (TPSA) is 17.1 Å². The highest BCUT2D eigenvalue weighted by atomic mass is 19.1. The second-order valence-corrected chi connectivity index (χ2v) is 5.47. The third kappa shape index (κ3) is 3.76. The zero-order chi connectivity index (χ0) is 12.3. The van der Waals surface area contributed by atoms with Crippen molar-refractivity contribution in [2.24, 2.45) is 5.41 Å². The number of hydrogen-bond donors (Lipinski definition) is 0.